The molecule has 0 saturated carbocycles. The van der Waals surface area contributed by atoms with E-state index in [1.165, 1.54) is 0 Å². The summed E-state index contributed by atoms with van der Waals surface area (Å²) >= 11 is 0. The maximum absolute atomic E-state index is 11.0. The van der Waals surface area contributed by atoms with Gasteiger partial charge >= 0.3 is 0 Å². The Labute approximate surface area is 94.2 Å². The van der Waals surface area contributed by atoms with Gasteiger partial charge in [-0.25, -0.2) is 0 Å². The van der Waals surface area contributed by atoms with E-state index >= 15 is 0 Å². The molecule has 0 saturated heterocycles. The van der Waals surface area contributed by atoms with Crippen molar-refractivity contribution < 1.29 is 4.79 Å². The molecule has 0 unspecified atom stereocenters. The molecule has 0 amide bonds. The number of hydrogen-bond acceptors (Lipinski definition) is 2. The van der Waals surface area contributed by atoms with Crippen molar-refractivity contribution >= 4 is 5.78 Å². The average Bonchev–Trinajstić information content (AvgIpc) is 2.34. The fraction of sp³-hybridized carbons (Fsp3) is 0.615. The Kier molecular flexibility index (Phi) is 12.3. The molecule has 2 N–H and O–H groups in total. The second kappa shape index (κ2) is 11.2. The number of rotatable bonds is 2. The molecule has 0 radical (unpaired) electrons. The summed E-state index contributed by atoms with van der Waals surface area (Å²) in [6.45, 7) is 10.1. The predicted octanol–water partition coefficient (Wildman–Crippen LogP) is 3.23. The molecular formula is C13H25NO. The first-order chi connectivity index (χ1) is 7.25. The van der Waals surface area contributed by atoms with E-state index in [4.69, 9.17) is 5.73 Å². The van der Waals surface area contributed by atoms with Gasteiger partial charge in [0.05, 0.1) is 0 Å². The zero-order valence-corrected chi connectivity index (χ0v) is 10.8. The topological polar surface area (TPSA) is 43.1 Å². The van der Waals surface area contributed by atoms with Gasteiger partial charge in [0, 0.05) is 12.1 Å². The zero-order chi connectivity index (χ0) is 12.3. The van der Waals surface area contributed by atoms with Gasteiger partial charge in [-0.1, -0.05) is 39.8 Å². The monoisotopic (exact) mass is 211 g/mol. The fourth-order valence-corrected chi connectivity index (χ4v) is 1.29. The quantitative estimate of drug-likeness (QED) is 0.762. The molecule has 1 aliphatic rings. The van der Waals surface area contributed by atoms with Crippen LogP contribution in [0.3, 0.4) is 0 Å². The van der Waals surface area contributed by atoms with Gasteiger partial charge in [-0.3, -0.25) is 4.79 Å². The van der Waals surface area contributed by atoms with Crippen molar-refractivity contribution in [2.45, 2.75) is 47.5 Å². The maximum Gasteiger partial charge on any atom is 0.159 e. The molecule has 2 nitrogen and oxygen atoms in total. The SMILES string of the molecule is CC.CC.CC(=O)C1=CCCC=C1CN. The molecule has 0 aromatic rings. The number of ketones is 1. The first kappa shape index (κ1) is 16.5. The van der Waals surface area contributed by atoms with Crippen LogP contribution >= 0.6 is 0 Å². The van der Waals surface area contributed by atoms with Crippen molar-refractivity contribution in [3.8, 4) is 0 Å². The van der Waals surface area contributed by atoms with Crippen LogP contribution in [0.4, 0.5) is 0 Å². The van der Waals surface area contributed by atoms with Gasteiger partial charge in [0.15, 0.2) is 5.78 Å². The van der Waals surface area contributed by atoms with Gasteiger partial charge in [-0.15, -0.1) is 0 Å². The van der Waals surface area contributed by atoms with Crippen LogP contribution in [0.1, 0.15) is 47.5 Å². The van der Waals surface area contributed by atoms with Crippen molar-refractivity contribution in [1.29, 1.82) is 0 Å². The van der Waals surface area contributed by atoms with Crippen molar-refractivity contribution in [1.82, 2.24) is 0 Å². The van der Waals surface area contributed by atoms with Crippen LogP contribution in [0.2, 0.25) is 0 Å². The summed E-state index contributed by atoms with van der Waals surface area (Å²) in [5.41, 5.74) is 7.29. The van der Waals surface area contributed by atoms with Gasteiger partial charge in [-0.2, -0.15) is 0 Å². The van der Waals surface area contributed by atoms with Gasteiger partial charge in [0.2, 0.25) is 0 Å². The standard InChI is InChI=1S/C9H13NO.2C2H6/c1-7(11)9-5-3-2-4-8(9)6-10;2*1-2/h4-5H,2-3,6,10H2,1H3;2*1-2H3. The van der Waals surface area contributed by atoms with Crippen molar-refractivity contribution in [3.63, 3.8) is 0 Å². The summed E-state index contributed by atoms with van der Waals surface area (Å²) in [5.74, 6) is 0.126. The van der Waals surface area contributed by atoms with E-state index in [1.807, 2.05) is 33.8 Å². The molecule has 0 aliphatic heterocycles. The lowest BCUT2D eigenvalue weighted by atomic mass is 9.95. The van der Waals surface area contributed by atoms with E-state index in [2.05, 4.69) is 6.08 Å². The Morgan fingerprint density at radius 1 is 1.20 bits per heavy atom. The summed E-state index contributed by atoms with van der Waals surface area (Å²) in [5, 5.41) is 0. The first-order valence-corrected chi connectivity index (χ1v) is 5.86. The molecule has 0 fully saturated rings. The highest BCUT2D eigenvalue weighted by atomic mass is 16.1. The third-order valence-corrected chi connectivity index (χ3v) is 1.85. The third kappa shape index (κ3) is 6.24. The van der Waals surface area contributed by atoms with Crippen molar-refractivity contribution in [3.05, 3.63) is 23.3 Å². The summed E-state index contributed by atoms with van der Waals surface area (Å²) in [6.07, 6.45) is 6.02. The Morgan fingerprint density at radius 2 is 1.67 bits per heavy atom. The van der Waals surface area contributed by atoms with Gasteiger partial charge in [0.1, 0.15) is 0 Å². The molecule has 0 heterocycles. The molecule has 0 aromatic carbocycles. The zero-order valence-electron chi connectivity index (χ0n) is 10.8. The van der Waals surface area contributed by atoms with Gasteiger partial charge in [0.25, 0.3) is 0 Å². The lowest BCUT2D eigenvalue weighted by molar-refractivity contribution is -0.113. The van der Waals surface area contributed by atoms with E-state index < -0.39 is 0 Å². The van der Waals surface area contributed by atoms with Crippen LogP contribution < -0.4 is 5.73 Å². The third-order valence-electron chi connectivity index (χ3n) is 1.85. The highest BCUT2D eigenvalue weighted by Gasteiger charge is 2.10. The summed E-state index contributed by atoms with van der Waals surface area (Å²) < 4.78 is 0. The highest BCUT2D eigenvalue weighted by Crippen LogP contribution is 2.17. The van der Waals surface area contributed by atoms with Crippen LogP contribution in [0.25, 0.3) is 0 Å². The Bertz CT molecular complexity index is 227. The predicted molar refractivity (Wildman–Crippen MR) is 67.8 cm³/mol. The van der Waals surface area contributed by atoms with Crippen molar-refractivity contribution in [2.75, 3.05) is 6.54 Å². The largest absolute Gasteiger partial charge is 0.326 e. The lowest BCUT2D eigenvalue weighted by Gasteiger charge is -2.11. The molecular weight excluding hydrogens is 186 g/mol. The molecule has 0 aromatic heterocycles. The second-order valence-corrected chi connectivity index (χ2v) is 2.68. The molecule has 1 aliphatic carbocycles. The highest BCUT2D eigenvalue weighted by molar-refractivity contribution is 5.97. The number of nitrogens with two attached hydrogens (primary N) is 1. The summed E-state index contributed by atoms with van der Waals surface area (Å²) in [4.78, 5) is 11.0. The molecule has 1 rings (SSSR count). The Balaban J connectivity index is 0. The number of Topliss-reactive ketones (excluding diaryl/α,β-unsaturated/α-hetero) is 1. The van der Waals surface area contributed by atoms with Crippen molar-refractivity contribution in [2.24, 2.45) is 5.73 Å². The summed E-state index contributed by atoms with van der Waals surface area (Å²) in [6, 6.07) is 0. The van der Waals surface area contributed by atoms with Crippen LogP contribution in [0.5, 0.6) is 0 Å². The normalized spacial score (nSPS) is 13.5. The van der Waals surface area contributed by atoms with E-state index in [0.29, 0.717) is 6.54 Å². The van der Waals surface area contributed by atoms with Crippen LogP contribution in [0, 0.1) is 0 Å². The fourth-order valence-electron chi connectivity index (χ4n) is 1.29. The van der Waals surface area contributed by atoms with Gasteiger partial charge in [-0.05, 0) is 25.3 Å². The maximum atomic E-state index is 11.0. The molecule has 0 atom stereocenters. The number of carbonyl (C=O) groups excluding carboxylic acids is 1. The van der Waals surface area contributed by atoms with Crippen LogP contribution in [0.15, 0.2) is 23.3 Å². The molecule has 15 heavy (non-hydrogen) atoms. The number of carbonyl (C=O) groups is 1. The molecule has 88 valence electrons. The van der Waals surface area contributed by atoms with Gasteiger partial charge < -0.3 is 5.73 Å². The summed E-state index contributed by atoms with van der Waals surface area (Å²) in [7, 11) is 0. The van der Waals surface area contributed by atoms with Crippen LogP contribution in [-0.2, 0) is 4.79 Å². The van der Waals surface area contributed by atoms with E-state index in [-0.39, 0.29) is 5.78 Å². The smallest absolute Gasteiger partial charge is 0.159 e. The van der Waals surface area contributed by atoms with E-state index in [1.54, 1.807) is 6.92 Å². The van der Waals surface area contributed by atoms with E-state index in [0.717, 1.165) is 24.0 Å². The Hall–Kier alpha value is -0.890. The molecule has 0 bridgehead atoms. The van der Waals surface area contributed by atoms with Crippen LogP contribution in [-0.4, -0.2) is 12.3 Å². The molecule has 2 heteroatoms. The average molecular weight is 211 g/mol. The number of hydrogen-bond donors (Lipinski definition) is 1. The minimum atomic E-state index is 0.126. The minimum Gasteiger partial charge on any atom is -0.326 e. The first-order valence-electron chi connectivity index (χ1n) is 5.86. The molecule has 0 spiro atoms. The van der Waals surface area contributed by atoms with E-state index in [9.17, 15) is 4.79 Å². The minimum absolute atomic E-state index is 0.126. The number of allylic oxidation sites excluding steroid dienone is 2. The second-order valence-electron chi connectivity index (χ2n) is 2.68. The Morgan fingerprint density at radius 3 is 2.00 bits per heavy atom. The lowest BCUT2D eigenvalue weighted by Crippen LogP contribution is -2.12.